The van der Waals surface area contributed by atoms with Crippen molar-refractivity contribution in [1.82, 2.24) is 0 Å². The van der Waals surface area contributed by atoms with E-state index in [1.165, 1.54) is 148 Å². The third-order valence-corrected chi connectivity index (χ3v) is 13.4. The summed E-state index contributed by atoms with van der Waals surface area (Å²) >= 11 is 0. The Morgan fingerprint density at radius 2 is 0.859 bits per heavy atom. The Balaban J connectivity index is 2.17. The van der Waals surface area contributed by atoms with Crippen molar-refractivity contribution in [3.63, 3.8) is 0 Å². The molecule has 6 atom stereocenters. The van der Waals surface area contributed by atoms with E-state index in [1.807, 2.05) is 0 Å². The van der Waals surface area contributed by atoms with Gasteiger partial charge in [-0.05, 0) is 64.2 Å². The van der Waals surface area contributed by atoms with Crippen molar-refractivity contribution in [1.29, 1.82) is 0 Å². The van der Waals surface area contributed by atoms with Gasteiger partial charge in [0.1, 0.15) is 30.5 Å². The second kappa shape index (κ2) is 52.5. The van der Waals surface area contributed by atoms with Crippen molar-refractivity contribution in [2.75, 3.05) is 26.4 Å². The third-order valence-electron chi connectivity index (χ3n) is 13.4. The first-order valence-electron chi connectivity index (χ1n) is 29.5. The molecule has 0 aliphatic carbocycles. The zero-order valence-corrected chi connectivity index (χ0v) is 45.7. The minimum absolute atomic E-state index is 0.120. The fraction of sp³-hybridized carbons (Fsp3) is 0.790. The average Bonchev–Trinajstić information content (AvgIpc) is 3.37. The largest absolute Gasteiger partial charge is 0.457 e. The molecular formula is C62H110O9. The number of esters is 1. The second-order valence-corrected chi connectivity index (χ2v) is 20.1. The standard InChI is InChI=1S/C62H110O9/c1-3-5-7-9-11-13-15-17-19-21-23-25-27-28-29-31-33-35-37-39-41-43-45-47-49-51-58(64)70-56(55-69-62-61(67)60(66)59(65)57(53-63)71-62)54-68-52-50-48-46-44-42-40-38-36-34-32-30-26-24-22-20-18-16-14-12-10-8-6-4-2/h5,7,11,13,17,19,23,25,28-29,33,35,56-57,59-63,65-67H,3-4,6,8-10,12,14-16,18,20-22,24,26-27,30-32,34,36-55H2,1-2H3/b7-5-,13-11-,19-17-,25-23-,29-28-,35-33-. The molecule has 1 aliphatic rings. The van der Waals surface area contributed by atoms with Crippen LogP contribution in [-0.2, 0) is 23.7 Å². The van der Waals surface area contributed by atoms with E-state index in [1.54, 1.807) is 0 Å². The highest BCUT2D eigenvalue weighted by Crippen LogP contribution is 2.23. The van der Waals surface area contributed by atoms with E-state index >= 15 is 0 Å². The first kappa shape index (κ1) is 66.6. The SMILES string of the molecule is CC/C=C\C/C=C\C/C=C\C/C=C\C/C=C\C/C=C\CCCCCCCCC(=O)OC(COCCCCCCCCCCCCCCCCCCCCCCCCC)COC1OC(CO)C(O)C(O)C1O. The molecular weight excluding hydrogens is 889 g/mol. The van der Waals surface area contributed by atoms with Crippen LogP contribution < -0.4 is 0 Å². The number of carbonyl (C=O) groups excluding carboxylic acids is 1. The number of allylic oxidation sites excluding steroid dienone is 12. The summed E-state index contributed by atoms with van der Waals surface area (Å²) in [6, 6.07) is 0. The van der Waals surface area contributed by atoms with Gasteiger partial charge in [-0.1, -0.05) is 254 Å². The number of unbranched alkanes of at least 4 members (excludes halogenated alkanes) is 28. The number of hydrogen-bond donors (Lipinski definition) is 4. The van der Waals surface area contributed by atoms with Crippen LogP contribution in [0, 0.1) is 0 Å². The quantitative estimate of drug-likeness (QED) is 0.0267. The molecule has 0 saturated carbocycles. The zero-order chi connectivity index (χ0) is 51.3. The van der Waals surface area contributed by atoms with Crippen molar-refractivity contribution in [2.24, 2.45) is 0 Å². The summed E-state index contributed by atoms with van der Waals surface area (Å²) in [4.78, 5) is 12.9. The van der Waals surface area contributed by atoms with Gasteiger partial charge in [0.15, 0.2) is 6.29 Å². The molecule has 0 aromatic heterocycles. The Hall–Kier alpha value is -2.37. The number of carbonyl (C=O) groups is 1. The normalized spacial score (nSPS) is 19.3. The van der Waals surface area contributed by atoms with Crippen LogP contribution in [0.25, 0.3) is 0 Å². The number of aliphatic hydroxyl groups excluding tert-OH is 4. The van der Waals surface area contributed by atoms with Crippen molar-refractivity contribution in [3.05, 3.63) is 72.9 Å². The van der Waals surface area contributed by atoms with Gasteiger partial charge in [-0.15, -0.1) is 0 Å². The molecule has 1 aliphatic heterocycles. The predicted octanol–water partition coefficient (Wildman–Crippen LogP) is 15.5. The van der Waals surface area contributed by atoms with Gasteiger partial charge in [-0.2, -0.15) is 0 Å². The van der Waals surface area contributed by atoms with Gasteiger partial charge in [0.05, 0.1) is 19.8 Å². The van der Waals surface area contributed by atoms with Gasteiger partial charge < -0.3 is 39.4 Å². The van der Waals surface area contributed by atoms with Crippen molar-refractivity contribution >= 4 is 5.97 Å². The van der Waals surface area contributed by atoms with Crippen LogP contribution in [0.15, 0.2) is 72.9 Å². The molecule has 0 aromatic carbocycles. The van der Waals surface area contributed by atoms with E-state index in [0.29, 0.717) is 13.0 Å². The molecule has 0 bridgehead atoms. The van der Waals surface area contributed by atoms with Crippen LogP contribution >= 0.6 is 0 Å². The Morgan fingerprint density at radius 3 is 1.30 bits per heavy atom. The summed E-state index contributed by atoms with van der Waals surface area (Å²) < 4.78 is 23.0. The summed E-state index contributed by atoms with van der Waals surface area (Å²) in [7, 11) is 0. The fourth-order valence-corrected chi connectivity index (χ4v) is 8.85. The first-order chi connectivity index (χ1) is 34.9. The van der Waals surface area contributed by atoms with Gasteiger partial charge in [-0.3, -0.25) is 4.79 Å². The molecule has 9 heteroatoms. The molecule has 4 N–H and O–H groups in total. The smallest absolute Gasteiger partial charge is 0.306 e. The van der Waals surface area contributed by atoms with Crippen LogP contribution in [0.1, 0.15) is 251 Å². The highest BCUT2D eigenvalue weighted by molar-refractivity contribution is 5.69. The maximum Gasteiger partial charge on any atom is 0.306 e. The number of ether oxygens (including phenoxy) is 4. The van der Waals surface area contributed by atoms with Crippen LogP contribution in [-0.4, -0.2) is 89.6 Å². The highest BCUT2D eigenvalue weighted by atomic mass is 16.7. The molecule has 412 valence electrons. The summed E-state index contributed by atoms with van der Waals surface area (Å²) in [6.07, 6.45) is 63.8. The molecule has 0 amide bonds. The van der Waals surface area contributed by atoms with E-state index in [-0.39, 0.29) is 19.2 Å². The molecule has 0 radical (unpaired) electrons. The van der Waals surface area contributed by atoms with E-state index < -0.39 is 43.4 Å². The Labute approximate surface area is 436 Å². The van der Waals surface area contributed by atoms with E-state index in [0.717, 1.165) is 83.5 Å². The molecule has 0 aromatic rings. The Bertz CT molecular complexity index is 1320. The van der Waals surface area contributed by atoms with E-state index in [2.05, 4.69) is 86.8 Å². The average molecular weight is 1000 g/mol. The number of rotatable bonds is 51. The minimum atomic E-state index is -1.54. The topological polar surface area (TPSA) is 135 Å². The molecule has 1 heterocycles. The van der Waals surface area contributed by atoms with Crippen LogP contribution in [0.3, 0.4) is 0 Å². The lowest BCUT2D eigenvalue weighted by molar-refractivity contribution is -0.305. The monoisotopic (exact) mass is 999 g/mol. The van der Waals surface area contributed by atoms with Gasteiger partial charge in [0, 0.05) is 13.0 Å². The van der Waals surface area contributed by atoms with Gasteiger partial charge in [0.2, 0.25) is 0 Å². The summed E-state index contributed by atoms with van der Waals surface area (Å²) in [6.45, 7) is 4.46. The number of aliphatic hydroxyl groups is 4. The van der Waals surface area contributed by atoms with Gasteiger partial charge in [0.25, 0.3) is 0 Å². The van der Waals surface area contributed by atoms with Crippen molar-refractivity contribution in [2.45, 2.75) is 288 Å². The molecule has 6 unspecified atom stereocenters. The first-order valence-corrected chi connectivity index (χ1v) is 29.5. The zero-order valence-electron chi connectivity index (χ0n) is 45.7. The lowest BCUT2D eigenvalue weighted by atomic mass is 9.99. The second-order valence-electron chi connectivity index (χ2n) is 20.1. The summed E-state index contributed by atoms with van der Waals surface area (Å²) in [5.41, 5.74) is 0. The van der Waals surface area contributed by atoms with Gasteiger partial charge in [-0.25, -0.2) is 0 Å². The molecule has 1 saturated heterocycles. The predicted molar refractivity (Wildman–Crippen MR) is 297 cm³/mol. The van der Waals surface area contributed by atoms with Crippen LogP contribution in [0.4, 0.5) is 0 Å². The van der Waals surface area contributed by atoms with Crippen molar-refractivity contribution in [3.8, 4) is 0 Å². The molecule has 0 spiro atoms. The summed E-state index contributed by atoms with van der Waals surface area (Å²) in [5, 5.41) is 40.4. The fourth-order valence-electron chi connectivity index (χ4n) is 8.85. The highest BCUT2D eigenvalue weighted by Gasteiger charge is 2.44. The summed E-state index contributed by atoms with van der Waals surface area (Å²) in [5.74, 6) is -0.326. The third kappa shape index (κ3) is 42.7. The molecule has 9 nitrogen and oxygen atoms in total. The molecule has 1 fully saturated rings. The maximum absolute atomic E-state index is 12.9. The molecule has 1 rings (SSSR count). The van der Waals surface area contributed by atoms with Crippen LogP contribution in [0.5, 0.6) is 0 Å². The minimum Gasteiger partial charge on any atom is -0.457 e. The maximum atomic E-state index is 12.9. The Kier molecular flexibility index (Phi) is 49.3. The van der Waals surface area contributed by atoms with Gasteiger partial charge >= 0.3 is 5.97 Å². The van der Waals surface area contributed by atoms with Crippen molar-refractivity contribution < 1.29 is 44.2 Å². The lowest BCUT2D eigenvalue weighted by Crippen LogP contribution is -2.59. The van der Waals surface area contributed by atoms with E-state index in [4.69, 9.17) is 18.9 Å². The lowest BCUT2D eigenvalue weighted by Gasteiger charge is -2.39. The van der Waals surface area contributed by atoms with E-state index in [9.17, 15) is 25.2 Å². The number of hydrogen-bond acceptors (Lipinski definition) is 9. The Morgan fingerprint density at radius 1 is 0.465 bits per heavy atom. The molecule has 71 heavy (non-hydrogen) atoms. The van der Waals surface area contributed by atoms with Crippen LogP contribution in [0.2, 0.25) is 0 Å².